The molecule has 0 bridgehead atoms. The summed E-state index contributed by atoms with van der Waals surface area (Å²) in [4.78, 5) is 52.5. The zero-order valence-electron chi connectivity index (χ0n) is 21.7. The minimum absolute atomic E-state index is 0.105. The van der Waals surface area contributed by atoms with Gasteiger partial charge < -0.3 is 14.8 Å². The van der Waals surface area contributed by atoms with E-state index in [2.05, 4.69) is 5.32 Å². The minimum Gasteiger partial charge on any atom is -0.464 e. The van der Waals surface area contributed by atoms with E-state index in [0.717, 1.165) is 0 Å². The number of esters is 1. The van der Waals surface area contributed by atoms with Crippen LogP contribution >= 0.6 is 0 Å². The van der Waals surface area contributed by atoms with Gasteiger partial charge in [-0.25, -0.2) is 4.79 Å². The van der Waals surface area contributed by atoms with Crippen molar-refractivity contribution in [2.24, 2.45) is 0 Å². The molecule has 196 valence electrons. The van der Waals surface area contributed by atoms with Gasteiger partial charge in [0.2, 0.25) is 0 Å². The fraction of sp³-hybridized carbons (Fsp3) is 0.267. The lowest BCUT2D eigenvalue weighted by atomic mass is 9.83. The van der Waals surface area contributed by atoms with Crippen molar-refractivity contribution < 1.29 is 28.7 Å². The largest absolute Gasteiger partial charge is 0.464 e. The Kier molecular flexibility index (Phi) is 7.90. The molecule has 0 radical (unpaired) electrons. The van der Waals surface area contributed by atoms with E-state index < -0.39 is 17.7 Å². The molecule has 0 fully saturated rings. The van der Waals surface area contributed by atoms with Crippen molar-refractivity contribution in [2.75, 3.05) is 29.9 Å². The van der Waals surface area contributed by atoms with E-state index in [1.165, 1.54) is 4.90 Å². The molecule has 0 saturated carbocycles. The maximum absolute atomic E-state index is 13.1. The molecular formula is C30H30N2O6. The normalized spacial score (nSPS) is 12.3. The molecular weight excluding hydrogens is 484 g/mol. The number of amides is 1. The van der Waals surface area contributed by atoms with Crippen molar-refractivity contribution in [3.8, 4) is 0 Å². The predicted molar refractivity (Wildman–Crippen MR) is 144 cm³/mol. The van der Waals surface area contributed by atoms with Crippen molar-refractivity contribution in [3.05, 3.63) is 95.1 Å². The SMILES string of the molecule is CC(C)(C)OC(=O)N(CC(=O)OCCCNc1cccc2c1C(=O)c1ccccc1C2=O)c1ccccc1. The highest BCUT2D eigenvalue weighted by Crippen LogP contribution is 2.31. The van der Waals surface area contributed by atoms with Gasteiger partial charge in [0, 0.05) is 34.6 Å². The zero-order chi connectivity index (χ0) is 27.3. The third kappa shape index (κ3) is 6.08. The fourth-order valence-electron chi connectivity index (χ4n) is 4.13. The van der Waals surface area contributed by atoms with Gasteiger partial charge in [0.25, 0.3) is 0 Å². The third-order valence-corrected chi connectivity index (χ3v) is 5.82. The summed E-state index contributed by atoms with van der Waals surface area (Å²) >= 11 is 0. The first kappa shape index (κ1) is 26.6. The summed E-state index contributed by atoms with van der Waals surface area (Å²) in [5.41, 5.74) is 1.88. The Hall–Kier alpha value is -4.46. The number of rotatable bonds is 8. The molecule has 4 rings (SSSR count). The van der Waals surface area contributed by atoms with E-state index in [0.29, 0.717) is 46.6 Å². The van der Waals surface area contributed by atoms with Crippen molar-refractivity contribution in [2.45, 2.75) is 32.8 Å². The molecule has 1 amide bonds. The van der Waals surface area contributed by atoms with E-state index in [4.69, 9.17) is 9.47 Å². The minimum atomic E-state index is -0.718. The number of ether oxygens (including phenoxy) is 2. The summed E-state index contributed by atoms with van der Waals surface area (Å²) in [6.45, 7) is 5.48. The van der Waals surface area contributed by atoms with Crippen LogP contribution in [0.3, 0.4) is 0 Å². The van der Waals surface area contributed by atoms with Gasteiger partial charge >= 0.3 is 12.1 Å². The molecule has 0 heterocycles. The van der Waals surface area contributed by atoms with Crippen LogP contribution in [0.2, 0.25) is 0 Å². The van der Waals surface area contributed by atoms with Gasteiger partial charge in [-0.05, 0) is 45.4 Å². The van der Waals surface area contributed by atoms with Crippen LogP contribution in [0.25, 0.3) is 0 Å². The molecule has 0 aromatic heterocycles. The van der Waals surface area contributed by atoms with Gasteiger partial charge in [-0.3, -0.25) is 19.3 Å². The first-order valence-corrected chi connectivity index (χ1v) is 12.4. The van der Waals surface area contributed by atoms with Crippen LogP contribution in [-0.4, -0.2) is 48.9 Å². The Bertz CT molecular complexity index is 1360. The van der Waals surface area contributed by atoms with Crippen LogP contribution in [-0.2, 0) is 14.3 Å². The summed E-state index contributed by atoms with van der Waals surface area (Å²) in [7, 11) is 0. The standard InChI is InChI=1S/C30H30N2O6/c1-30(2,3)38-29(36)32(20-11-5-4-6-12-20)19-25(33)37-18-10-17-31-24-16-9-15-23-26(24)28(35)22-14-8-7-13-21(22)27(23)34/h4-9,11-16,31H,10,17-19H2,1-3H3. The van der Waals surface area contributed by atoms with Crippen LogP contribution in [0.1, 0.15) is 59.0 Å². The number of nitrogens with zero attached hydrogens (tertiary/aromatic N) is 1. The number of fused-ring (bicyclic) bond motifs is 2. The number of hydrogen-bond donors (Lipinski definition) is 1. The van der Waals surface area contributed by atoms with Crippen LogP contribution in [0, 0.1) is 0 Å². The second kappa shape index (κ2) is 11.3. The highest BCUT2D eigenvalue weighted by molar-refractivity contribution is 6.30. The monoisotopic (exact) mass is 514 g/mol. The van der Waals surface area contributed by atoms with Crippen LogP contribution in [0.5, 0.6) is 0 Å². The maximum Gasteiger partial charge on any atom is 0.415 e. The van der Waals surface area contributed by atoms with E-state index >= 15 is 0 Å². The summed E-state index contributed by atoms with van der Waals surface area (Å²) < 4.78 is 10.8. The first-order valence-electron chi connectivity index (χ1n) is 12.4. The summed E-state index contributed by atoms with van der Waals surface area (Å²) in [5, 5.41) is 3.19. The summed E-state index contributed by atoms with van der Waals surface area (Å²) in [6, 6.07) is 20.7. The number of benzene rings is 3. The van der Waals surface area contributed by atoms with Crippen LogP contribution in [0.4, 0.5) is 16.2 Å². The highest BCUT2D eigenvalue weighted by atomic mass is 16.6. The molecule has 1 aliphatic rings. The number of para-hydroxylation sites is 1. The van der Waals surface area contributed by atoms with Gasteiger partial charge in [-0.2, -0.15) is 0 Å². The van der Waals surface area contributed by atoms with Gasteiger partial charge in [0.05, 0.1) is 12.2 Å². The lowest BCUT2D eigenvalue weighted by Gasteiger charge is -2.26. The van der Waals surface area contributed by atoms with Crippen molar-refractivity contribution in [3.63, 3.8) is 0 Å². The van der Waals surface area contributed by atoms with Gasteiger partial charge in [-0.15, -0.1) is 0 Å². The molecule has 0 unspecified atom stereocenters. The number of nitrogens with one attached hydrogen (secondary N) is 1. The summed E-state index contributed by atoms with van der Waals surface area (Å²) in [6.07, 6.45) is -0.191. The number of anilines is 2. The number of carbonyl (C=O) groups is 4. The Morgan fingerprint density at radius 3 is 2.13 bits per heavy atom. The fourth-order valence-corrected chi connectivity index (χ4v) is 4.13. The lowest BCUT2D eigenvalue weighted by molar-refractivity contribution is -0.142. The van der Waals surface area contributed by atoms with E-state index in [1.807, 2.05) is 6.07 Å². The lowest BCUT2D eigenvalue weighted by Crippen LogP contribution is -2.40. The average Bonchev–Trinajstić information content (AvgIpc) is 2.89. The second-order valence-corrected chi connectivity index (χ2v) is 9.83. The molecule has 3 aromatic carbocycles. The van der Waals surface area contributed by atoms with Crippen molar-refractivity contribution >= 4 is 35.0 Å². The third-order valence-electron chi connectivity index (χ3n) is 5.82. The quantitative estimate of drug-likeness (QED) is 0.253. The van der Waals surface area contributed by atoms with Crippen LogP contribution in [0.15, 0.2) is 72.8 Å². The molecule has 1 aliphatic carbocycles. The maximum atomic E-state index is 13.1. The molecule has 8 heteroatoms. The Morgan fingerprint density at radius 1 is 0.816 bits per heavy atom. The second-order valence-electron chi connectivity index (χ2n) is 9.83. The topological polar surface area (TPSA) is 102 Å². The van der Waals surface area contributed by atoms with Gasteiger partial charge in [-0.1, -0.05) is 54.6 Å². The smallest absolute Gasteiger partial charge is 0.415 e. The van der Waals surface area contributed by atoms with Crippen molar-refractivity contribution in [1.82, 2.24) is 0 Å². The number of hydrogen-bond acceptors (Lipinski definition) is 7. The summed E-state index contributed by atoms with van der Waals surface area (Å²) in [5.74, 6) is -0.956. The molecule has 3 aromatic rings. The molecule has 1 N–H and O–H groups in total. The number of carbonyl (C=O) groups excluding carboxylic acids is 4. The highest BCUT2D eigenvalue weighted by Gasteiger charge is 2.31. The van der Waals surface area contributed by atoms with Crippen molar-refractivity contribution in [1.29, 1.82) is 0 Å². The van der Waals surface area contributed by atoms with E-state index in [9.17, 15) is 19.2 Å². The Balaban J connectivity index is 1.33. The van der Waals surface area contributed by atoms with Crippen LogP contribution < -0.4 is 10.2 Å². The molecule has 0 atom stereocenters. The predicted octanol–water partition coefficient (Wildman–Crippen LogP) is 5.25. The molecule has 0 aliphatic heterocycles. The first-order chi connectivity index (χ1) is 18.2. The molecule has 38 heavy (non-hydrogen) atoms. The Labute approximate surface area is 221 Å². The molecule has 0 spiro atoms. The van der Waals surface area contributed by atoms with E-state index in [1.54, 1.807) is 87.5 Å². The van der Waals surface area contributed by atoms with Gasteiger partial charge in [0.15, 0.2) is 11.6 Å². The van der Waals surface area contributed by atoms with E-state index in [-0.39, 0.29) is 24.7 Å². The Morgan fingerprint density at radius 2 is 1.45 bits per heavy atom. The average molecular weight is 515 g/mol. The van der Waals surface area contributed by atoms with Gasteiger partial charge in [0.1, 0.15) is 12.1 Å². The zero-order valence-corrected chi connectivity index (χ0v) is 21.7. The molecule has 0 saturated heterocycles. The number of ketones is 2. The molecule has 8 nitrogen and oxygen atoms in total.